The van der Waals surface area contributed by atoms with E-state index in [1.807, 2.05) is 0 Å². The Labute approximate surface area is 148 Å². The highest BCUT2D eigenvalue weighted by molar-refractivity contribution is 7.15. The van der Waals surface area contributed by atoms with Crippen LogP contribution in [0.25, 0.3) is 0 Å². The number of nitrogens with two attached hydrogens (primary N) is 1. The molecular formula is C15H19FN6O2S. The van der Waals surface area contributed by atoms with Gasteiger partial charge in [0.2, 0.25) is 11.0 Å². The molecule has 3 amide bonds. The molecule has 0 spiro atoms. The van der Waals surface area contributed by atoms with Gasteiger partial charge in [0.05, 0.1) is 11.7 Å². The number of carbonyl (C=O) groups is 2. The SMILES string of the molecule is CC(C)C(=O)Nc1cc(NC(=O)NC(C)c2nnc(N)s2)ccc1F. The number of benzene rings is 1. The number of halogens is 1. The van der Waals surface area contributed by atoms with Crippen LogP contribution in [0, 0.1) is 11.7 Å². The minimum Gasteiger partial charge on any atom is -0.374 e. The first-order valence-electron chi connectivity index (χ1n) is 7.53. The quantitative estimate of drug-likeness (QED) is 0.648. The van der Waals surface area contributed by atoms with Crippen LogP contribution in [-0.4, -0.2) is 22.1 Å². The molecule has 0 radical (unpaired) electrons. The Morgan fingerprint density at radius 2 is 1.92 bits per heavy atom. The van der Waals surface area contributed by atoms with Crippen molar-refractivity contribution in [1.29, 1.82) is 0 Å². The van der Waals surface area contributed by atoms with Crippen molar-refractivity contribution in [1.82, 2.24) is 15.5 Å². The van der Waals surface area contributed by atoms with Crippen LogP contribution in [0.3, 0.4) is 0 Å². The molecule has 0 aliphatic rings. The molecule has 134 valence electrons. The average Bonchev–Trinajstić information content (AvgIpc) is 2.97. The molecule has 0 aliphatic heterocycles. The fourth-order valence-corrected chi connectivity index (χ4v) is 2.44. The van der Waals surface area contributed by atoms with E-state index in [4.69, 9.17) is 5.73 Å². The third kappa shape index (κ3) is 5.11. The molecule has 25 heavy (non-hydrogen) atoms. The van der Waals surface area contributed by atoms with Crippen LogP contribution in [0.1, 0.15) is 31.8 Å². The second-order valence-corrected chi connectivity index (χ2v) is 6.68. The molecule has 0 aliphatic carbocycles. The van der Waals surface area contributed by atoms with Crippen molar-refractivity contribution in [3.8, 4) is 0 Å². The molecule has 0 bridgehead atoms. The number of carbonyl (C=O) groups excluding carboxylic acids is 2. The molecule has 1 atom stereocenters. The monoisotopic (exact) mass is 366 g/mol. The van der Waals surface area contributed by atoms with E-state index in [9.17, 15) is 14.0 Å². The minimum atomic E-state index is -0.585. The maximum Gasteiger partial charge on any atom is 0.319 e. The Balaban J connectivity index is 2.01. The summed E-state index contributed by atoms with van der Waals surface area (Å²) < 4.78 is 13.8. The number of hydrogen-bond donors (Lipinski definition) is 4. The average molecular weight is 366 g/mol. The highest BCUT2D eigenvalue weighted by Crippen LogP contribution is 2.21. The van der Waals surface area contributed by atoms with Crippen LogP contribution in [0.15, 0.2) is 18.2 Å². The van der Waals surface area contributed by atoms with Gasteiger partial charge in [-0.2, -0.15) is 0 Å². The maximum atomic E-state index is 13.8. The van der Waals surface area contributed by atoms with E-state index in [2.05, 4.69) is 26.1 Å². The van der Waals surface area contributed by atoms with Gasteiger partial charge in [-0.15, -0.1) is 10.2 Å². The van der Waals surface area contributed by atoms with E-state index >= 15 is 0 Å². The van der Waals surface area contributed by atoms with Crippen molar-refractivity contribution in [2.75, 3.05) is 16.4 Å². The lowest BCUT2D eigenvalue weighted by Gasteiger charge is -2.14. The van der Waals surface area contributed by atoms with Crippen LogP contribution in [0.4, 0.5) is 25.7 Å². The van der Waals surface area contributed by atoms with Crippen LogP contribution in [-0.2, 0) is 4.79 Å². The van der Waals surface area contributed by atoms with Crippen molar-refractivity contribution < 1.29 is 14.0 Å². The van der Waals surface area contributed by atoms with Gasteiger partial charge in [-0.1, -0.05) is 25.2 Å². The number of hydrogen-bond acceptors (Lipinski definition) is 6. The molecule has 1 unspecified atom stereocenters. The summed E-state index contributed by atoms with van der Waals surface area (Å²) in [4.78, 5) is 23.8. The lowest BCUT2D eigenvalue weighted by Crippen LogP contribution is -2.31. The van der Waals surface area contributed by atoms with E-state index in [-0.39, 0.29) is 17.5 Å². The molecule has 2 rings (SSSR count). The van der Waals surface area contributed by atoms with Gasteiger partial charge in [-0.05, 0) is 25.1 Å². The molecule has 1 heterocycles. The summed E-state index contributed by atoms with van der Waals surface area (Å²) in [5.74, 6) is -1.19. The lowest BCUT2D eigenvalue weighted by molar-refractivity contribution is -0.118. The maximum absolute atomic E-state index is 13.8. The van der Waals surface area contributed by atoms with Crippen LogP contribution >= 0.6 is 11.3 Å². The zero-order valence-corrected chi connectivity index (χ0v) is 14.8. The van der Waals surface area contributed by atoms with E-state index in [0.717, 1.165) is 0 Å². The zero-order valence-electron chi connectivity index (χ0n) is 14.0. The van der Waals surface area contributed by atoms with E-state index < -0.39 is 17.9 Å². The number of nitrogens with one attached hydrogen (secondary N) is 3. The number of amides is 3. The van der Waals surface area contributed by atoms with Gasteiger partial charge in [0, 0.05) is 11.6 Å². The highest BCUT2D eigenvalue weighted by atomic mass is 32.1. The molecule has 1 aromatic heterocycles. The highest BCUT2D eigenvalue weighted by Gasteiger charge is 2.15. The Bertz CT molecular complexity index is 779. The van der Waals surface area contributed by atoms with E-state index in [1.54, 1.807) is 20.8 Å². The summed E-state index contributed by atoms with van der Waals surface area (Å²) >= 11 is 1.17. The van der Waals surface area contributed by atoms with E-state index in [1.165, 1.54) is 29.5 Å². The van der Waals surface area contributed by atoms with Crippen LogP contribution in [0.2, 0.25) is 0 Å². The first-order chi connectivity index (χ1) is 11.8. The topological polar surface area (TPSA) is 122 Å². The van der Waals surface area contributed by atoms with Crippen molar-refractivity contribution in [2.24, 2.45) is 5.92 Å². The molecule has 10 heteroatoms. The number of nitrogen functional groups attached to an aromatic ring is 1. The fraction of sp³-hybridized carbons (Fsp3) is 0.333. The Morgan fingerprint density at radius 3 is 2.52 bits per heavy atom. The molecule has 0 saturated heterocycles. The number of nitrogens with zero attached hydrogens (tertiary/aromatic N) is 2. The Hall–Kier alpha value is -2.75. The molecule has 0 fully saturated rings. The number of anilines is 3. The first-order valence-corrected chi connectivity index (χ1v) is 8.34. The molecule has 8 nitrogen and oxygen atoms in total. The lowest BCUT2D eigenvalue weighted by atomic mass is 10.2. The van der Waals surface area contributed by atoms with Gasteiger partial charge in [-0.3, -0.25) is 4.79 Å². The molecular weight excluding hydrogens is 347 g/mol. The Kier molecular flexibility index (Phi) is 5.86. The fourth-order valence-electron chi connectivity index (χ4n) is 1.82. The smallest absolute Gasteiger partial charge is 0.319 e. The van der Waals surface area contributed by atoms with Crippen molar-refractivity contribution >= 4 is 39.8 Å². The summed E-state index contributed by atoms with van der Waals surface area (Å²) in [5, 5.41) is 16.1. The van der Waals surface area contributed by atoms with Gasteiger partial charge in [0.1, 0.15) is 10.8 Å². The van der Waals surface area contributed by atoms with Crippen molar-refractivity contribution in [3.05, 3.63) is 29.0 Å². The predicted molar refractivity (Wildman–Crippen MR) is 94.8 cm³/mol. The van der Waals surface area contributed by atoms with E-state index in [0.29, 0.717) is 15.8 Å². The normalized spacial score (nSPS) is 11.9. The van der Waals surface area contributed by atoms with Crippen LogP contribution in [0.5, 0.6) is 0 Å². The van der Waals surface area contributed by atoms with Gasteiger partial charge >= 0.3 is 6.03 Å². The van der Waals surface area contributed by atoms with Gasteiger partial charge in [0.15, 0.2) is 0 Å². The molecule has 5 N–H and O–H groups in total. The number of rotatable bonds is 5. The Morgan fingerprint density at radius 1 is 1.20 bits per heavy atom. The predicted octanol–water partition coefficient (Wildman–Crippen LogP) is 2.74. The number of aromatic nitrogens is 2. The van der Waals surface area contributed by atoms with Gasteiger partial charge in [0.25, 0.3) is 0 Å². The van der Waals surface area contributed by atoms with Crippen molar-refractivity contribution in [2.45, 2.75) is 26.8 Å². The van der Waals surface area contributed by atoms with Crippen LogP contribution < -0.4 is 21.7 Å². The summed E-state index contributed by atoms with van der Waals surface area (Å²) in [7, 11) is 0. The number of urea groups is 1. The third-order valence-electron chi connectivity index (χ3n) is 3.18. The summed E-state index contributed by atoms with van der Waals surface area (Å²) in [6, 6.07) is 3.01. The van der Waals surface area contributed by atoms with Gasteiger partial charge < -0.3 is 21.7 Å². The largest absolute Gasteiger partial charge is 0.374 e. The summed E-state index contributed by atoms with van der Waals surface area (Å²) in [6.45, 7) is 5.13. The zero-order chi connectivity index (χ0) is 18.6. The van der Waals surface area contributed by atoms with Crippen molar-refractivity contribution in [3.63, 3.8) is 0 Å². The minimum absolute atomic E-state index is 0.00134. The first kappa shape index (κ1) is 18.6. The summed E-state index contributed by atoms with van der Waals surface area (Å²) in [5.41, 5.74) is 5.85. The summed E-state index contributed by atoms with van der Waals surface area (Å²) in [6.07, 6.45) is 0. The standard InChI is InChI=1S/C15H19FN6O2S/c1-7(2)12(23)20-11-6-9(4-5-10(11)16)19-15(24)18-8(3)13-21-22-14(17)25-13/h4-8H,1-3H3,(H2,17,22)(H,20,23)(H2,18,19,24). The molecule has 0 saturated carbocycles. The van der Waals surface area contributed by atoms with Gasteiger partial charge in [-0.25, -0.2) is 9.18 Å². The second kappa shape index (κ2) is 7.88. The molecule has 1 aromatic carbocycles. The third-order valence-corrected chi connectivity index (χ3v) is 4.12. The molecule has 2 aromatic rings. The second-order valence-electron chi connectivity index (χ2n) is 5.64.